The van der Waals surface area contributed by atoms with E-state index in [1.165, 1.54) is 28.0 Å². The normalized spacial score (nSPS) is 11.9. The van der Waals surface area contributed by atoms with Crippen LogP contribution in [0.2, 0.25) is 0 Å². The fourth-order valence-corrected chi connectivity index (χ4v) is 3.53. The third-order valence-corrected chi connectivity index (χ3v) is 4.77. The molecule has 0 bridgehead atoms. The van der Waals surface area contributed by atoms with Gasteiger partial charge in [0.2, 0.25) is 4.96 Å². The first-order valence-electron chi connectivity index (χ1n) is 7.79. The first kappa shape index (κ1) is 16.1. The van der Waals surface area contributed by atoms with Crippen LogP contribution in [-0.4, -0.2) is 19.5 Å². The summed E-state index contributed by atoms with van der Waals surface area (Å²) in [5, 5.41) is 15.2. The van der Waals surface area contributed by atoms with Crippen LogP contribution in [-0.2, 0) is 6.42 Å². The Hall–Kier alpha value is -3.39. The molecule has 0 atom stereocenters. The second kappa shape index (κ2) is 6.49. The highest BCUT2D eigenvalue weighted by Crippen LogP contribution is 2.14. The Balaban J connectivity index is 1.71. The smallest absolute Gasteiger partial charge is 0.266 e. The monoisotopic (exact) mass is 364 g/mol. The lowest BCUT2D eigenvalue weighted by molar-refractivity contribution is -0.384. The molecule has 128 valence electrons. The highest BCUT2D eigenvalue weighted by atomic mass is 32.1. The van der Waals surface area contributed by atoms with Gasteiger partial charge in [-0.05, 0) is 17.2 Å². The number of hydrogen-bond donors (Lipinski definition) is 0. The number of aromatic nitrogens is 3. The Morgan fingerprint density at radius 2 is 1.96 bits per heavy atom. The molecule has 26 heavy (non-hydrogen) atoms. The Kier molecular flexibility index (Phi) is 4.02. The molecule has 0 spiro atoms. The van der Waals surface area contributed by atoms with Crippen LogP contribution < -0.4 is 10.1 Å². The summed E-state index contributed by atoms with van der Waals surface area (Å²) in [6.45, 7) is 0. The van der Waals surface area contributed by atoms with Gasteiger partial charge in [0.15, 0.2) is 5.82 Å². The molecule has 0 aliphatic rings. The van der Waals surface area contributed by atoms with E-state index in [0.717, 1.165) is 5.56 Å². The number of nitro groups is 1. The summed E-state index contributed by atoms with van der Waals surface area (Å²) in [6.07, 6.45) is 2.17. The van der Waals surface area contributed by atoms with E-state index in [9.17, 15) is 14.9 Å². The van der Waals surface area contributed by atoms with Crippen LogP contribution in [0.3, 0.4) is 0 Å². The van der Waals surface area contributed by atoms with Gasteiger partial charge in [0, 0.05) is 18.6 Å². The lowest BCUT2D eigenvalue weighted by Crippen LogP contribution is -2.23. The predicted octanol–water partition coefficient (Wildman–Crippen LogP) is 2.20. The van der Waals surface area contributed by atoms with Crippen molar-refractivity contribution in [2.75, 3.05) is 0 Å². The van der Waals surface area contributed by atoms with E-state index in [1.807, 2.05) is 30.3 Å². The largest absolute Gasteiger partial charge is 0.291 e. The minimum atomic E-state index is -0.464. The summed E-state index contributed by atoms with van der Waals surface area (Å²) in [7, 11) is 0. The van der Waals surface area contributed by atoms with Crippen molar-refractivity contribution in [3.8, 4) is 0 Å². The molecule has 0 unspecified atom stereocenters. The summed E-state index contributed by atoms with van der Waals surface area (Å²) < 4.78 is 1.72. The molecule has 2 aromatic carbocycles. The van der Waals surface area contributed by atoms with E-state index in [4.69, 9.17) is 0 Å². The van der Waals surface area contributed by atoms with Gasteiger partial charge >= 0.3 is 0 Å². The molecule has 0 N–H and O–H groups in total. The number of non-ortho nitro benzene ring substituents is 1. The van der Waals surface area contributed by atoms with Crippen LogP contribution in [0.15, 0.2) is 59.4 Å². The number of thiazole rings is 1. The van der Waals surface area contributed by atoms with Gasteiger partial charge in [0.25, 0.3) is 11.2 Å². The third-order valence-electron chi connectivity index (χ3n) is 3.81. The molecule has 0 aliphatic heterocycles. The highest BCUT2D eigenvalue weighted by molar-refractivity contribution is 7.15. The number of nitro benzene ring substituents is 1. The van der Waals surface area contributed by atoms with Crippen molar-refractivity contribution >= 4 is 28.1 Å². The van der Waals surface area contributed by atoms with Crippen LogP contribution in [0.5, 0.6) is 0 Å². The molecule has 7 nitrogen and oxygen atoms in total. The van der Waals surface area contributed by atoms with E-state index in [2.05, 4.69) is 10.1 Å². The maximum Gasteiger partial charge on any atom is 0.291 e. The topological polar surface area (TPSA) is 90.4 Å². The molecule has 4 aromatic rings. The Morgan fingerprint density at radius 3 is 2.69 bits per heavy atom. The van der Waals surface area contributed by atoms with Gasteiger partial charge in [0.1, 0.15) is 0 Å². The molecule has 8 heteroatoms. The zero-order valence-corrected chi connectivity index (χ0v) is 14.2. The lowest BCUT2D eigenvalue weighted by atomic mass is 10.1. The van der Waals surface area contributed by atoms with Crippen molar-refractivity contribution in [1.82, 2.24) is 14.6 Å². The molecule has 2 aromatic heterocycles. The molecule has 0 amide bonds. The molecule has 0 saturated heterocycles. The van der Waals surface area contributed by atoms with Gasteiger partial charge < -0.3 is 0 Å². The predicted molar refractivity (Wildman–Crippen MR) is 98.3 cm³/mol. The van der Waals surface area contributed by atoms with E-state index in [0.29, 0.717) is 27.3 Å². The summed E-state index contributed by atoms with van der Waals surface area (Å²) in [5.74, 6) is 0.585. The lowest BCUT2D eigenvalue weighted by Gasteiger charge is -1.94. The Morgan fingerprint density at radius 1 is 1.15 bits per heavy atom. The Bertz CT molecular complexity index is 1210. The number of rotatable bonds is 4. The molecule has 0 saturated carbocycles. The van der Waals surface area contributed by atoms with E-state index >= 15 is 0 Å². The molecule has 2 heterocycles. The average Bonchev–Trinajstić information content (AvgIpc) is 3.15. The SMILES string of the molecule is O=c1/c(=C/c2cccc([N+](=O)[O-])c2)sc2nc(Cc3ccccc3)nn12. The molecule has 0 radical (unpaired) electrons. The summed E-state index contributed by atoms with van der Waals surface area (Å²) in [4.78, 5) is 27.9. The van der Waals surface area contributed by atoms with Crippen molar-refractivity contribution in [3.05, 3.63) is 96.5 Å². The van der Waals surface area contributed by atoms with Crippen LogP contribution >= 0.6 is 11.3 Å². The van der Waals surface area contributed by atoms with Crippen molar-refractivity contribution in [2.45, 2.75) is 6.42 Å². The molecular weight excluding hydrogens is 352 g/mol. The summed E-state index contributed by atoms with van der Waals surface area (Å²) in [6, 6.07) is 15.9. The van der Waals surface area contributed by atoms with E-state index in [-0.39, 0.29) is 11.2 Å². The van der Waals surface area contributed by atoms with Gasteiger partial charge in [0.05, 0.1) is 9.46 Å². The van der Waals surface area contributed by atoms with Crippen molar-refractivity contribution in [2.24, 2.45) is 0 Å². The van der Waals surface area contributed by atoms with Crippen LogP contribution in [0.4, 0.5) is 5.69 Å². The second-order valence-corrected chi connectivity index (χ2v) is 6.66. The first-order chi connectivity index (χ1) is 12.6. The second-order valence-electron chi connectivity index (χ2n) is 5.65. The summed E-state index contributed by atoms with van der Waals surface area (Å²) >= 11 is 1.22. The van der Waals surface area contributed by atoms with E-state index < -0.39 is 4.92 Å². The van der Waals surface area contributed by atoms with Crippen molar-refractivity contribution in [1.29, 1.82) is 0 Å². The molecular formula is C18H12N4O3S. The number of hydrogen-bond acceptors (Lipinski definition) is 6. The zero-order chi connectivity index (χ0) is 18.1. The molecule has 0 fully saturated rings. The molecule has 0 aliphatic carbocycles. The van der Waals surface area contributed by atoms with Gasteiger partial charge in [-0.2, -0.15) is 4.52 Å². The standard InChI is InChI=1S/C18H12N4O3S/c23-17-15(10-13-7-4-8-14(9-13)22(24)25)26-18-19-16(20-21(17)18)11-12-5-2-1-3-6-12/h1-10H,11H2/b15-10-. The van der Waals surface area contributed by atoms with Gasteiger partial charge in [-0.3, -0.25) is 14.9 Å². The minimum Gasteiger partial charge on any atom is -0.266 e. The minimum absolute atomic E-state index is 0.0178. The van der Waals surface area contributed by atoms with Crippen molar-refractivity contribution < 1.29 is 4.92 Å². The number of nitrogens with zero attached hydrogens (tertiary/aromatic N) is 4. The first-order valence-corrected chi connectivity index (χ1v) is 8.60. The zero-order valence-electron chi connectivity index (χ0n) is 13.4. The fourth-order valence-electron chi connectivity index (χ4n) is 2.61. The highest BCUT2D eigenvalue weighted by Gasteiger charge is 2.11. The van der Waals surface area contributed by atoms with Gasteiger partial charge in [-0.1, -0.05) is 53.8 Å². The fraction of sp³-hybridized carbons (Fsp3) is 0.0556. The number of fused-ring (bicyclic) bond motifs is 1. The quantitative estimate of drug-likeness (QED) is 0.409. The third kappa shape index (κ3) is 3.09. The van der Waals surface area contributed by atoms with Crippen LogP contribution in [0.25, 0.3) is 11.0 Å². The maximum absolute atomic E-state index is 12.5. The van der Waals surface area contributed by atoms with Crippen LogP contribution in [0, 0.1) is 10.1 Å². The maximum atomic E-state index is 12.5. The van der Waals surface area contributed by atoms with Crippen LogP contribution in [0.1, 0.15) is 17.0 Å². The van der Waals surface area contributed by atoms with E-state index in [1.54, 1.807) is 18.2 Å². The van der Waals surface area contributed by atoms with Gasteiger partial charge in [-0.25, -0.2) is 4.98 Å². The van der Waals surface area contributed by atoms with Gasteiger partial charge in [-0.15, -0.1) is 5.10 Å². The molecule has 4 rings (SSSR count). The summed E-state index contributed by atoms with van der Waals surface area (Å²) in [5.41, 5.74) is 1.37. The average molecular weight is 364 g/mol. The van der Waals surface area contributed by atoms with Crippen molar-refractivity contribution in [3.63, 3.8) is 0 Å². The Labute approximate surface area is 151 Å². The number of benzene rings is 2.